The lowest BCUT2D eigenvalue weighted by Crippen LogP contribution is -1.97. The number of aromatic nitrogens is 3. The molecule has 0 aliphatic carbocycles. The van der Waals surface area contributed by atoms with Crippen LogP contribution in [0.5, 0.6) is 5.75 Å². The van der Waals surface area contributed by atoms with E-state index in [1.165, 1.54) is 29.0 Å². The molecule has 3 aromatic carbocycles. The molecule has 0 amide bonds. The minimum atomic E-state index is 0.521. The molecule has 0 radical (unpaired) electrons. The second kappa shape index (κ2) is 6.97. The molecule has 5 nitrogen and oxygen atoms in total. The molecule has 0 fully saturated rings. The van der Waals surface area contributed by atoms with Gasteiger partial charge in [0.1, 0.15) is 25.0 Å². The summed E-state index contributed by atoms with van der Waals surface area (Å²) in [6, 6.07) is 22.4. The highest BCUT2D eigenvalue weighted by Gasteiger charge is 2.02. The Balaban J connectivity index is 1.50. The van der Waals surface area contributed by atoms with Crippen molar-refractivity contribution in [3.05, 3.63) is 90.5 Å². The Kier molecular flexibility index (Phi) is 4.20. The van der Waals surface area contributed by atoms with Crippen LogP contribution < -0.4 is 4.74 Å². The third-order valence-corrected chi connectivity index (χ3v) is 3.88. The molecule has 5 heteroatoms. The quantitative estimate of drug-likeness (QED) is 0.522. The summed E-state index contributed by atoms with van der Waals surface area (Å²) in [4.78, 5) is 0. The van der Waals surface area contributed by atoms with Crippen molar-refractivity contribution in [1.82, 2.24) is 14.9 Å². The molecule has 0 unspecified atom stereocenters. The van der Waals surface area contributed by atoms with E-state index in [0.29, 0.717) is 6.61 Å². The Morgan fingerprint density at radius 2 is 1.72 bits per heavy atom. The van der Waals surface area contributed by atoms with Crippen LogP contribution in [0.4, 0.5) is 0 Å². The average Bonchev–Trinajstić information content (AvgIpc) is 3.19. The van der Waals surface area contributed by atoms with Crippen LogP contribution in [-0.4, -0.2) is 21.1 Å². The molecule has 25 heavy (non-hydrogen) atoms. The van der Waals surface area contributed by atoms with Gasteiger partial charge in [0.25, 0.3) is 0 Å². The van der Waals surface area contributed by atoms with Crippen LogP contribution in [0.15, 0.2) is 84.5 Å². The maximum absolute atomic E-state index is 5.98. The average molecular weight is 328 g/mol. The van der Waals surface area contributed by atoms with Crippen molar-refractivity contribution in [2.75, 3.05) is 0 Å². The summed E-state index contributed by atoms with van der Waals surface area (Å²) in [5.41, 5.74) is 2.12. The predicted octanol–water partition coefficient (Wildman–Crippen LogP) is 3.89. The van der Waals surface area contributed by atoms with Crippen molar-refractivity contribution in [2.24, 2.45) is 5.10 Å². The SMILES string of the molecule is C(=N\n1cnnc1)/c1cccc(OCc2cccc3ccccc23)c1. The summed E-state index contributed by atoms with van der Waals surface area (Å²) in [5.74, 6) is 0.806. The molecule has 0 saturated heterocycles. The monoisotopic (exact) mass is 328 g/mol. The topological polar surface area (TPSA) is 52.3 Å². The predicted molar refractivity (Wildman–Crippen MR) is 97.7 cm³/mol. The highest BCUT2D eigenvalue weighted by atomic mass is 16.5. The molecule has 4 aromatic rings. The molecule has 122 valence electrons. The van der Waals surface area contributed by atoms with E-state index in [1.807, 2.05) is 36.4 Å². The van der Waals surface area contributed by atoms with Gasteiger partial charge < -0.3 is 4.74 Å². The first-order chi connectivity index (χ1) is 12.4. The van der Waals surface area contributed by atoms with Crippen LogP contribution >= 0.6 is 0 Å². The summed E-state index contributed by atoms with van der Waals surface area (Å²) in [6.45, 7) is 0.521. The molecule has 1 aromatic heterocycles. The molecular weight excluding hydrogens is 312 g/mol. The molecule has 0 aliphatic heterocycles. The first-order valence-electron chi connectivity index (χ1n) is 7.97. The Hall–Kier alpha value is -3.47. The van der Waals surface area contributed by atoms with Gasteiger partial charge in [-0.05, 0) is 34.0 Å². The summed E-state index contributed by atoms with van der Waals surface area (Å²) in [7, 11) is 0. The maximum atomic E-state index is 5.98. The van der Waals surface area contributed by atoms with Crippen molar-refractivity contribution >= 4 is 17.0 Å². The molecular formula is C20H16N4O. The molecule has 0 saturated carbocycles. The molecule has 0 aliphatic rings. The number of benzene rings is 3. The van der Waals surface area contributed by atoms with Gasteiger partial charge in [0.05, 0.1) is 6.21 Å². The van der Waals surface area contributed by atoms with Gasteiger partial charge in [-0.25, -0.2) is 4.68 Å². The third kappa shape index (κ3) is 3.55. The highest BCUT2D eigenvalue weighted by Crippen LogP contribution is 2.21. The summed E-state index contributed by atoms with van der Waals surface area (Å²) >= 11 is 0. The van der Waals surface area contributed by atoms with Crippen molar-refractivity contribution < 1.29 is 4.74 Å². The van der Waals surface area contributed by atoms with Gasteiger partial charge in [-0.2, -0.15) is 5.10 Å². The largest absolute Gasteiger partial charge is 0.489 e. The fraction of sp³-hybridized carbons (Fsp3) is 0.0500. The van der Waals surface area contributed by atoms with Crippen LogP contribution in [0, 0.1) is 0 Å². The van der Waals surface area contributed by atoms with E-state index in [2.05, 4.69) is 45.6 Å². The summed E-state index contributed by atoms with van der Waals surface area (Å²) < 4.78 is 7.53. The number of ether oxygens (including phenoxy) is 1. The highest BCUT2D eigenvalue weighted by molar-refractivity contribution is 5.85. The Bertz CT molecular complexity index is 1000. The second-order valence-corrected chi connectivity index (χ2v) is 5.59. The third-order valence-electron chi connectivity index (χ3n) is 3.88. The Morgan fingerprint density at radius 3 is 2.64 bits per heavy atom. The zero-order valence-electron chi connectivity index (χ0n) is 13.5. The number of hydrogen-bond donors (Lipinski definition) is 0. The fourth-order valence-corrected chi connectivity index (χ4v) is 2.65. The number of hydrogen-bond acceptors (Lipinski definition) is 4. The van der Waals surface area contributed by atoms with Crippen LogP contribution in [0.1, 0.15) is 11.1 Å². The zero-order valence-corrected chi connectivity index (χ0v) is 13.5. The first-order valence-corrected chi connectivity index (χ1v) is 7.97. The van der Waals surface area contributed by atoms with E-state index in [1.54, 1.807) is 10.9 Å². The van der Waals surface area contributed by atoms with Crippen molar-refractivity contribution in [3.63, 3.8) is 0 Å². The minimum absolute atomic E-state index is 0.521. The first kappa shape index (κ1) is 15.1. The van der Waals surface area contributed by atoms with E-state index in [9.17, 15) is 0 Å². The van der Waals surface area contributed by atoms with Crippen LogP contribution in [-0.2, 0) is 6.61 Å². The zero-order chi connectivity index (χ0) is 16.9. The van der Waals surface area contributed by atoms with Crippen molar-refractivity contribution in [1.29, 1.82) is 0 Å². The van der Waals surface area contributed by atoms with E-state index >= 15 is 0 Å². The fourth-order valence-electron chi connectivity index (χ4n) is 2.65. The second-order valence-electron chi connectivity index (χ2n) is 5.59. The van der Waals surface area contributed by atoms with Crippen molar-refractivity contribution in [3.8, 4) is 5.75 Å². The van der Waals surface area contributed by atoms with Gasteiger partial charge >= 0.3 is 0 Å². The molecule has 0 spiro atoms. The van der Waals surface area contributed by atoms with Gasteiger partial charge in [-0.1, -0.05) is 54.6 Å². The van der Waals surface area contributed by atoms with Crippen LogP contribution in [0.3, 0.4) is 0 Å². The number of fused-ring (bicyclic) bond motifs is 1. The maximum Gasteiger partial charge on any atom is 0.141 e. The van der Waals surface area contributed by atoms with Gasteiger partial charge in [-0.3, -0.25) is 0 Å². The molecule has 0 atom stereocenters. The van der Waals surface area contributed by atoms with E-state index in [0.717, 1.165) is 11.3 Å². The van der Waals surface area contributed by atoms with Gasteiger partial charge in [0.2, 0.25) is 0 Å². The standard InChI is InChI=1S/C20H16N4O/c1-2-10-20-17(6-1)7-4-8-18(20)13-25-19-9-3-5-16(11-19)12-23-24-14-21-22-15-24/h1-12,14-15H,13H2/b23-12+. The molecule has 4 rings (SSSR count). The van der Waals surface area contributed by atoms with Crippen LogP contribution in [0.25, 0.3) is 10.8 Å². The Morgan fingerprint density at radius 1 is 0.920 bits per heavy atom. The van der Waals surface area contributed by atoms with E-state index < -0.39 is 0 Å². The van der Waals surface area contributed by atoms with Gasteiger partial charge in [-0.15, -0.1) is 10.2 Å². The summed E-state index contributed by atoms with van der Waals surface area (Å²) in [5, 5.41) is 14.1. The Labute approximate surface area is 145 Å². The van der Waals surface area contributed by atoms with E-state index in [4.69, 9.17) is 4.74 Å². The van der Waals surface area contributed by atoms with Crippen LogP contribution in [0.2, 0.25) is 0 Å². The number of rotatable bonds is 5. The number of nitrogens with zero attached hydrogens (tertiary/aromatic N) is 4. The normalized spacial score (nSPS) is 11.2. The van der Waals surface area contributed by atoms with Gasteiger partial charge in [0, 0.05) is 0 Å². The smallest absolute Gasteiger partial charge is 0.141 e. The molecule has 0 N–H and O–H groups in total. The summed E-state index contributed by atoms with van der Waals surface area (Å²) in [6.07, 6.45) is 4.82. The molecule has 1 heterocycles. The van der Waals surface area contributed by atoms with E-state index in [-0.39, 0.29) is 0 Å². The lowest BCUT2D eigenvalue weighted by molar-refractivity contribution is 0.307. The lowest BCUT2D eigenvalue weighted by Gasteiger charge is -2.09. The minimum Gasteiger partial charge on any atom is -0.489 e. The lowest BCUT2D eigenvalue weighted by atomic mass is 10.1. The molecule has 0 bridgehead atoms. The van der Waals surface area contributed by atoms with Gasteiger partial charge in [0.15, 0.2) is 0 Å². The van der Waals surface area contributed by atoms with Crippen molar-refractivity contribution in [2.45, 2.75) is 6.61 Å².